The molecule has 1 aliphatic rings. The summed E-state index contributed by atoms with van der Waals surface area (Å²) in [5, 5.41) is 4.25. The molecule has 0 aromatic heterocycles. The molecule has 1 atom stereocenters. The summed E-state index contributed by atoms with van der Waals surface area (Å²) in [4.78, 5) is 4.29. The molecule has 0 saturated carbocycles. The summed E-state index contributed by atoms with van der Waals surface area (Å²) in [6.45, 7) is 4.72. The van der Waals surface area contributed by atoms with Gasteiger partial charge in [-0.3, -0.25) is 4.99 Å². The Balaban J connectivity index is 2.44. The van der Waals surface area contributed by atoms with Gasteiger partial charge in [-0.2, -0.15) is 0 Å². The topological polar surface area (TPSA) is 58.5 Å². The average molecular weight is 264 g/mol. The van der Waals surface area contributed by atoms with Crippen LogP contribution in [0.1, 0.15) is 20.3 Å². The van der Waals surface area contributed by atoms with Crippen LogP contribution in [0.3, 0.4) is 0 Å². The van der Waals surface area contributed by atoms with E-state index in [1.54, 1.807) is 11.8 Å². The normalized spacial score (nSPS) is 24.8. The number of hydrogen-bond donors (Lipinski definition) is 1. The second-order valence-corrected chi connectivity index (χ2v) is 7.79. The first-order valence-electron chi connectivity index (χ1n) is 5.50. The second-order valence-electron chi connectivity index (χ2n) is 4.45. The molecule has 4 nitrogen and oxygen atoms in total. The Hall–Kier alpha value is -0.230. The Morgan fingerprint density at radius 3 is 2.81 bits per heavy atom. The number of rotatable bonds is 4. The maximum atomic E-state index is 10.9. The van der Waals surface area contributed by atoms with E-state index in [2.05, 4.69) is 24.2 Å². The predicted molar refractivity (Wildman–Crippen MR) is 70.8 cm³/mol. The maximum Gasteiger partial charge on any atom is 0.156 e. The van der Waals surface area contributed by atoms with E-state index in [-0.39, 0.29) is 5.75 Å². The first-order valence-corrected chi connectivity index (χ1v) is 8.54. The van der Waals surface area contributed by atoms with Crippen LogP contribution < -0.4 is 5.32 Å². The summed E-state index contributed by atoms with van der Waals surface area (Å²) >= 11 is 1.68. The van der Waals surface area contributed by atoms with Crippen molar-refractivity contribution >= 4 is 26.8 Å². The summed E-state index contributed by atoms with van der Waals surface area (Å²) in [5.74, 6) is 1.78. The van der Waals surface area contributed by atoms with E-state index < -0.39 is 9.84 Å². The van der Waals surface area contributed by atoms with Crippen LogP contribution in [0, 0.1) is 5.92 Å². The van der Waals surface area contributed by atoms with Crippen molar-refractivity contribution in [2.75, 3.05) is 24.3 Å². The minimum absolute atomic E-state index is 0.130. The number of nitrogens with one attached hydrogen (secondary N) is 1. The molecular weight excluding hydrogens is 244 g/mol. The Morgan fingerprint density at radius 1 is 1.56 bits per heavy atom. The van der Waals surface area contributed by atoms with E-state index in [0.29, 0.717) is 18.5 Å². The van der Waals surface area contributed by atoms with Crippen LogP contribution >= 0.6 is 11.8 Å². The van der Waals surface area contributed by atoms with Crippen molar-refractivity contribution in [3.8, 4) is 0 Å². The van der Waals surface area contributed by atoms with Gasteiger partial charge in [-0.25, -0.2) is 8.42 Å². The van der Waals surface area contributed by atoms with Crippen LogP contribution in [0.5, 0.6) is 0 Å². The highest BCUT2D eigenvalue weighted by Gasteiger charge is 2.19. The summed E-state index contributed by atoms with van der Waals surface area (Å²) in [5.41, 5.74) is 0. The lowest BCUT2D eigenvalue weighted by Crippen LogP contribution is -2.41. The number of aliphatic imine (C=N–C) groups is 1. The van der Waals surface area contributed by atoms with Crippen molar-refractivity contribution in [2.45, 2.75) is 26.3 Å². The largest absolute Gasteiger partial charge is 0.362 e. The van der Waals surface area contributed by atoms with E-state index in [0.717, 1.165) is 17.3 Å². The third-order valence-corrected chi connectivity index (χ3v) is 4.38. The van der Waals surface area contributed by atoms with Crippen LogP contribution in [-0.4, -0.2) is 43.9 Å². The van der Waals surface area contributed by atoms with E-state index >= 15 is 0 Å². The van der Waals surface area contributed by atoms with Crippen molar-refractivity contribution in [3.63, 3.8) is 0 Å². The first kappa shape index (κ1) is 13.8. The van der Waals surface area contributed by atoms with Gasteiger partial charge < -0.3 is 5.32 Å². The van der Waals surface area contributed by atoms with Gasteiger partial charge in [0.1, 0.15) is 9.84 Å². The third kappa shape index (κ3) is 5.21. The van der Waals surface area contributed by atoms with Gasteiger partial charge in [0, 0.05) is 18.1 Å². The molecule has 1 rings (SSSR count). The lowest BCUT2D eigenvalue weighted by Gasteiger charge is -2.28. The van der Waals surface area contributed by atoms with Crippen molar-refractivity contribution in [2.24, 2.45) is 10.9 Å². The SMILES string of the molecule is CC(C)C1CCSC(=NCCS(C)(=O)=O)N1. The van der Waals surface area contributed by atoms with E-state index in [1.807, 2.05) is 0 Å². The van der Waals surface area contributed by atoms with Crippen molar-refractivity contribution < 1.29 is 8.42 Å². The number of thioether (sulfide) groups is 1. The molecule has 16 heavy (non-hydrogen) atoms. The van der Waals surface area contributed by atoms with E-state index in [1.165, 1.54) is 6.26 Å². The zero-order valence-electron chi connectivity index (χ0n) is 10.1. The molecule has 1 heterocycles. The average Bonchev–Trinajstić information content (AvgIpc) is 2.16. The van der Waals surface area contributed by atoms with Crippen molar-refractivity contribution in [3.05, 3.63) is 0 Å². The molecule has 0 aromatic carbocycles. The second kappa shape index (κ2) is 5.91. The molecule has 6 heteroatoms. The summed E-state index contributed by atoms with van der Waals surface area (Å²) in [6.07, 6.45) is 2.39. The van der Waals surface area contributed by atoms with Gasteiger partial charge in [0.05, 0.1) is 12.3 Å². The van der Waals surface area contributed by atoms with E-state index in [9.17, 15) is 8.42 Å². The highest BCUT2D eigenvalue weighted by Crippen LogP contribution is 2.18. The zero-order valence-corrected chi connectivity index (χ0v) is 11.7. The number of sulfone groups is 1. The van der Waals surface area contributed by atoms with Crippen LogP contribution in [0.15, 0.2) is 4.99 Å². The lowest BCUT2D eigenvalue weighted by atomic mass is 10.0. The van der Waals surface area contributed by atoms with Crippen molar-refractivity contribution in [1.82, 2.24) is 5.32 Å². The Morgan fingerprint density at radius 2 is 2.25 bits per heavy atom. The molecule has 94 valence electrons. The quantitative estimate of drug-likeness (QED) is 0.827. The molecule has 1 fully saturated rings. The molecular formula is C10H20N2O2S2. The highest BCUT2D eigenvalue weighted by molar-refractivity contribution is 8.13. The Kier molecular flexibility index (Phi) is 5.11. The van der Waals surface area contributed by atoms with Gasteiger partial charge in [-0.15, -0.1) is 0 Å². The van der Waals surface area contributed by atoms with Gasteiger partial charge in [-0.05, 0) is 12.3 Å². The fraction of sp³-hybridized carbons (Fsp3) is 0.900. The summed E-state index contributed by atoms with van der Waals surface area (Å²) in [7, 11) is -2.90. The smallest absolute Gasteiger partial charge is 0.156 e. The molecule has 1 unspecified atom stereocenters. The molecule has 0 aliphatic carbocycles. The molecule has 1 N–H and O–H groups in total. The molecule has 0 bridgehead atoms. The third-order valence-electron chi connectivity index (χ3n) is 2.50. The maximum absolute atomic E-state index is 10.9. The molecule has 1 aliphatic heterocycles. The van der Waals surface area contributed by atoms with Crippen LogP contribution in [0.4, 0.5) is 0 Å². The Bertz CT molecular complexity index is 350. The van der Waals surface area contributed by atoms with Gasteiger partial charge in [0.2, 0.25) is 0 Å². The molecule has 0 aromatic rings. The molecule has 1 saturated heterocycles. The van der Waals surface area contributed by atoms with Gasteiger partial charge in [0.15, 0.2) is 5.17 Å². The minimum atomic E-state index is -2.90. The standard InChI is InChI=1S/C10H20N2O2S2/c1-8(2)9-4-6-15-10(12-9)11-5-7-16(3,13)14/h8-9H,4-7H2,1-3H3,(H,11,12). The molecule has 0 amide bonds. The monoisotopic (exact) mass is 264 g/mol. The lowest BCUT2D eigenvalue weighted by molar-refractivity contribution is 0.442. The minimum Gasteiger partial charge on any atom is -0.362 e. The fourth-order valence-electron chi connectivity index (χ4n) is 1.46. The van der Waals surface area contributed by atoms with Crippen LogP contribution in [0.2, 0.25) is 0 Å². The number of amidine groups is 1. The first-order chi connectivity index (χ1) is 7.38. The highest BCUT2D eigenvalue weighted by atomic mass is 32.2. The van der Waals surface area contributed by atoms with Gasteiger partial charge >= 0.3 is 0 Å². The molecule has 0 spiro atoms. The summed E-state index contributed by atoms with van der Waals surface area (Å²) < 4.78 is 21.9. The van der Waals surface area contributed by atoms with Crippen LogP contribution in [-0.2, 0) is 9.84 Å². The summed E-state index contributed by atoms with van der Waals surface area (Å²) in [6, 6.07) is 0.471. The van der Waals surface area contributed by atoms with Gasteiger partial charge in [-0.1, -0.05) is 25.6 Å². The van der Waals surface area contributed by atoms with Crippen LogP contribution in [0.25, 0.3) is 0 Å². The number of nitrogens with zero attached hydrogens (tertiary/aromatic N) is 1. The zero-order chi connectivity index (χ0) is 12.2. The molecule has 0 radical (unpaired) electrons. The van der Waals surface area contributed by atoms with Gasteiger partial charge in [0.25, 0.3) is 0 Å². The van der Waals surface area contributed by atoms with Crippen molar-refractivity contribution in [1.29, 1.82) is 0 Å². The predicted octanol–water partition coefficient (Wildman–Crippen LogP) is 1.14. The van der Waals surface area contributed by atoms with E-state index in [4.69, 9.17) is 0 Å². The number of hydrogen-bond acceptors (Lipinski definition) is 4. The Labute approximate surface area is 102 Å². The fourth-order valence-corrected chi connectivity index (χ4v) is 2.86.